The molecular weight excluding hydrogens is 468 g/mol. The summed E-state index contributed by atoms with van der Waals surface area (Å²) in [6, 6.07) is 17.9. The van der Waals surface area contributed by atoms with Gasteiger partial charge in [0.25, 0.3) is 0 Å². The Balaban J connectivity index is 1.23. The first kappa shape index (κ1) is 23.9. The van der Waals surface area contributed by atoms with Gasteiger partial charge in [-0.1, -0.05) is 30.3 Å². The average Bonchev–Trinajstić information content (AvgIpc) is 3.62. The Morgan fingerprint density at radius 1 is 1.11 bits per heavy atom. The minimum absolute atomic E-state index is 0.0377. The van der Waals surface area contributed by atoms with E-state index < -0.39 is 5.41 Å². The highest BCUT2D eigenvalue weighted by Gasteiger charge is 2.51. The number of piperidine rings is 1. The van der Waals surface area contributed by atoms with Crippen molar-refractivity contribution in [3.05, 3.63) is 83.2 Å². The lowest BCUT2D eigenvalue weighted by atomic mass is 9.88. The number of likely N-dealkylation sites (tertiary alicyclic amines) is 1. The number of aromatic nitrogens is 1. The second-order valence-corrected chi connectivity index (χ2v) is 10.2. The molecule has 1 aromatic heterocycles. The van der Waals surface area contributed by atoms with Crippen molar-refractivity contribution in [2.24, 2.45) is 0 Å². The van der Waals surface area contributed by atoms with E-state index in [1.54, 1.807) is 7.11 Å². The molecule has 0 radical (unpaired) electrons. The fourth-order valence-corrected chi connectivity index (χ4v) is 5.71. The van der Waals surface area contributed by atoms with Crippen molar-refractivity contribution in [2.45, 2.75) is 49.7 Å². The first-order valence-electron chi connectivity index (χ1n) is 13.0. The average molecular weight is 501 g/mol. The van der Waals surface area contributed by atoms with Gasteiger partial charge in [-0.15, -0.1) is 0 Å². The molecule has 2 aromatic carbocycles. The number of carbonyl (C=O) groups is 1. The van der Waals surface area contributed by atoms with Crippen molar-refractivity contribution in [3.8, 4) is 17.2 Å². The normalized spacial score (nSPS) is 19.4. The van der Waals surface area contributed by atoms with Gasteiger partial charge in [0, 0.05) is 37.0 Å². The Morgan fingerprint density at radius 3 is 2.62 bits per heavy atom. The lowest BCUT2D eigenvalue weighted by Crippen LogP contribution is -2.39. The molecule has 37 heavy (non-hydrogen) atoms. The van der Waals surface area contributed by atoms with E-state index in [0.29, 0.717) is 12.2 Å². The zero-order chi connectivity index (χ0) is 25.4. The van der Waals surface area contributed by atoms with Crippen molar-refractivity contribution >= 4 is 5.78 Å². The van der Waals surface area contributed by atoms with Crippen LogP contribution in [0.1, 0.15) is 54.1 Å². The van der Waals surface area contributed by atoms with Crippen molar-refractivity contribution in [1.82, 2.24) is 9.88 Å². The number of hydrogen-bond acceptors (Lipinski definition) is 7. The maximum absolute atomic E-state index is 13.4. The van der Waals surface area contributed by atoms with Crippen LogP contribution in [0.25, 0.3) is 0 Å². The molecule has 1 unspecified atom stereocenters. The highest BCUT2D eigenvalue weighted by molar-refractivity contribution is 5.94. The van der Waals surface area contributed by atoms with E-state index in [1.165, 1.54) is 0 Å². The van der Waals surface area contributed by atoms with Gasteiger partial charge in [-0.2, -0.15) is 0 Å². The SMILES string of the molecule is COc1ccccc1C(c1ccc(CC(=O)C2(c3ccc4c(c3)OCO4)CC2)nc1)N1CCC(O)CC1. The Kier molecular flexibility index (Phi) is 6.34. The van der Waals surface area contributed by atoms with Crippen LogP contribution in [-0.4, -0.2) is 53.9 Å². The number of nitrogens with zero attached hydrogens (tertiary/aromatic N) is 2. The number of pyridine rings is 1. The number of fused-ring (bicyclic) bond motifs is 1. The molecule has 6 rings (SSSR count). The fourth-order valence-electron chi connectivity index (χ4n) is 5.71. The van der Waals surface area contributed by atoms with Gasteiger partial charge in [0.15, 0.2) is 11.5 Å². The monoisotopic (exact) mass is 500 g/mol. The van der Waals surface area contributed by atoms with Gasteiger partial charge in [-0.3, -0.25) is 14.7 Å². The van der Waals surface area contributed by atoms with Crippen LogP contribution in [0.2, 0.25) is 0 Å². The fraction of sp³-hybridized carbons (Fsp3) is 0.400. The number of ether oxygens (including phenoxy) is 3. The second-order valence-electron chi connectivity index (χ2n) is 10.2. The number of Topliss-reactive ketones (excluding diaryl/α,β-unsaturated/α-hetero) is 1. The van der Waals surface area contributed by atoms with Gasteiger partial charge in [-0.05, 0) is 61.1 Å². The highest BCUT2D eigenvalue weighted by atomic mass is 16.7. The molecule has 192 valence electrons. The Bertz CT molecular complexity index is 1280. The molecular formula is C30H32N2O5. The minimum Gasteiger partial charge on any atom is -0.496 e. The molecule has 7 heteroatoms. The van der Waals surface area contributed by atoms with E-state index in [2.05, 4.69) is 17.0 Å². The maximum atomic E-state index is 13.4. The molecule has 2 fully saturated rings. The summed E-state index contributed by atoms with van der Waals surface area (Å²) in [5.74, 6) is 2.47. The Hall–Kier alpha value is -3.42. The van der Waals surface area contributed by atoms with Gasteiger partial charge in [-0.25, -0.2) is 0 Å². The third kappa shape index (κ3) is 4.58. The summed E-state index contributed by atoms with van der Waals surface area (Å²) in [5, 5.41) is 10.1. The van der Waals surface area contributed by atoms with Crippen LogP contribution >= 0.6 is 0 Å². The molecule has 1 aliphatic carbocycles. The number of aliphatic hydroxyl groups excluding tert-OH is 1. The topological polar surface area (TPSA) is 81.1 Å². The number of benzene rings is 2. The van der Waals surface area contributed by atoms with E-state index in [4.69, 9.17) is 19.2 Å². The molecule has 1 atom stereocenters. The van der Waals surface area contributed by atoms with Crippen LogP contribution in [0, 0.1) is 0 Å². The summed E-state index contributed by atoms with van der Waals surface area (Å²) in [6.07, 6.45) is 5.12. The number of carbonyl (C=O) groups excluding carboxylic acids is 1. The molecule has 1 saturated carbocycles. The summed E-state index contributed by atoms with van der Waals surface area (Å²) in [6.45, 7) is 1.81. The third-order valence-electron chi connectivity index (χ3n) is 8.01. The molecule has 2 aliphatic heterocycles. The van der Waals surface area contributed by atoms with Crippen molar-refractivity contribution in [3.63, 3.8) is 0 Å². The van der Waals surface area contributed by atoms with Crippen LogP contribution in [0.4, 0.5) is 0 Å². The minimum atomic E-state index is -0.449. The number of rotatable bonds is 8. The molecule has 0 bridgehead atoms. The van der Waals surface area contributed by atoms with E-state index in [1.807, 2.05) is 48.7 Å². The Morgan fingerprint density at radius 2 is 1.89 bits per heavy atom. The van der Waals surface area contributed by atoms with Gasteiger partial charge < -0.3 is 19.3 Å². The lowest BCUT2D eigenvalue weighted by molar-refractivity contribution is -0.120. The molecule has 1 saturated heterocycles. The van der Waals surface area contributed by atoms with Crippen LogP contribution in [0.15, 0.2) is 60.8 Å². The van der Waals surface area contributed by atoms with E-state index in [9.17, 15) is 9.90 Å². The van der Waals surface area contributed by atoms with Crippen LogP contribution in [0.5, 0.6) is 17.2 Å². The summed E-state index contributed by atoms with van der Waals surface area (Å²) in [5.41, 5.74) is 3.45. The molecule has 1 N–H and O–H groups in total. The highest BCUT2D eigenvalue weighted by Crippen LogP contribution is 2.51. The number of ketones is 1. The quantitative estimate of drug-likeness (QED) is 0.496. The van der Waals surface area contributed by atoms with E-state index >= 15 is 0 Å². The van der Waals surface area contributed by atoms with Crippen molar-refractivity contribution in [2.75, 3.05) is 27.0 Å². The van der Waals surface area contributed by atoms with Gasteiger partial charge in [0.1, 0.15) is 11.5 Å². The molecule has 0 spiro atoms. The molecule has 3 heterocycles. The number of para-hydroxylation sites is 1. The van der Waals surface area contributed by atoms with Gasteiger partial charge in [0.2, 0.25) is 6.79 Å². The summed E-state index contributed by atoms with van der Waals surface area (Å²) in [7, 11) is 1.69. The largest absolute Gasteiger partial charge is 0.496 e. The number of aliphatic hydroxyl groups is 1. The van der Waals surface area contributed by atoms with Crippen molar-refractivity contribution in [1.29, 1.82) is 0 Å². The first-order chi connectivity index (χ1) is 18.1. The van der Waals surface area contributed by atoms with Gasteiger partial charge in [0.05, 0.1) is 24.7 Å². The standard InChI is InChI=1S/C30H32N2O5/c1-35-25-5-3-2-4-24(25)29(32-14-10-23(33)11-15-32)20-6-8-22(31-18-20)17-28(34)30(12-13-30)21-7-9-26-27(16-21)37-19-36-26/h2-9,16,18,23,29,33H,10-15,17,19H2,1H3. The summed E-state index contributed by atoms with van der Waals surface area (Å²) < 4.78 is 16.7. The smallest absolute Gasteiger partial charge is 0.231 e. The molecule has 0 amide bonds. The van der Waals surface area contributed by atoms with Crippen molar-refractivity contribution < 1.29 is 24.1 Å². The predicted octanol–water partition coefficient (Wildman–Crippen LogP) is 4.21. The van der Waals surface area contributed by atoms with Crippen LogP contribution < -0.4 is 14.2 Å². The maximum Gasteiger partial charge on any atom is 0.231 e. The van der Waals surface area contributed by atoms with E-state index in [-0.39, 0.29) is 24.7 Å². The second kappa shape index (κ2) is 9.80. The zero-order valence-electron chi connectivity index (χ0n) is 21.1. The first-order valence-corrected chi connectivity index (χ1v) is 13.0. The molecule has 3 aromatic rings. The predicted molar refractivity (Wildman–Crippen MR) is 138 cm³/mol. The molecule has 7 nitrogen and oxygen atoms in total. The number of hydrogen-bond donors (Lipinski definition) is 1. The molecule has 3 aliphatic rings. The third-order valence-corrected chi connectivity index (χ3v) is 8.01. The summed E-state index contributed by atoms with van der Waals surface area (Å²) in [4.78, 5) is 20.6. The van der Waals surface area contributed by atoms with E-state index in [0.717, 1.165) is 72.7 Å². The Labute approximate surface area is 217 Å². The lowest BCUT2D eigenvalue weighted by Gasteiger charge is -2.37. The van der Waals surface area contributed by atoms with Crippen LogP contribution in [0.3, 0.4) is 0 Å². The zero-order valence-corrected chi connectivity index (χ0v) is 21.1. The number of methoxy groups -OCH3 is 1. The summed E-state index contributed by atoms with van der Waals surface area (Å²) >= 11 is 0. The van der Waals surface area contributed by atoms with Gasteiger partial charge >= 0.3 is 0 Å². The van der Waals surface area contributed by atoms with Crippen LogP contribution in [-0.2, 0) is 16.6 Å².